The molecule has 0 radical (unpaired) electrons. The Morgan fingerprint density at radius 2 is 1.06 bits per heavy atom. The van der Waals surface area contributed by atoms with Crippen LogP contribution in [0.25, 0.3) is 76.5 Å². The SMILES string of the molecule is c1ccc2cc(C3=NC(c4ccc5ccccc5c4)NC(c4cccc5oc6cccc(-c7ccc8oc9ccccc9c8c7)c6c45)=N3)ccc2c1. The van der Waals surface area contributed by atoms with Crippen molar-refractivity contribution in [3.8, 4) is 11.1 Å². The van der Waals surface area contributed by atoms with Gasteiger partial charge < -0.3 is 14.2 Å². The Balaban J connectivity index is 1.12. The first-order valence-electron chi connectivity index (χ1n) is 17.5. The number of benzene rings is 8. The lowest BCUT2D eigenvalue weighted by Gasteiger charge is -2.24. The van der Waals surface area contributed by atoms with Gasteiger partial charge in [0, 0.05) is 32.7 Å². The molecule has 0 saturated carbocycles. The number of hydrogen-bond donors (Lipinski definition) is 1. The zero-order valence-electron chi connectivity index (χ0n) is 27.9. The molecule has 0 amide bonds. The van der Waals surface area contributed by atoms with Crippen LogP contribution in [0.3, 0.4) is 0 Å². The molecule has 8 aromatic carbocycles. The van der Waals surface area contributed by atoms with Gasteiger partial charge in [0.2, 0.25) is 0 Å². The molecule has 3 heterocycles. The highest BCUT2D eigenvalue weighted by Crippen LogP contribution is 2.41. The van der Waals surface area contributed by atoms with Crippen LogP contribution in [-0.4, -0.2) is 11.7 Å². The zero-order valence-corrected chi connectivity index (χ0v) is 27.9. The van der Waals surface area contributed by atoms with Gasteiger partial charge in [-0.1, -0.05) is 121 Å². The summed E-state index contributed by atoms with van der Waals surface area (Å²) in [7, 11) is 0. The minimum absolute atomic E-state index is 0.358. The third-order valence-electron chi connectivity index (χ3n) is 10.3. The molecule has 1 unspecified atom stereocenters. The average Bonchev–Trinajstić information content (AvgIpc) is 3.78. The second-order valence-corrected chi connectivity index (χ2v) is 13.4. The van der Waals surface area contributed by atoms with Crippen LogP contribution in [0, 0.1) is 0 Å². The van der Waals surface area contributed by atoms with E-state index in [-0.39, 0.29) is 6.17 Å². The summed E-state index contributed by atoms with van der Waals surface area (Å²) in [6.45, 7) is 0. The van der Waals surface area contributed by atoms with Crippen LogP contribution in [0.4, 0.5) is 0 Å². The summed E-state index contributed by atoms with van der Waals surface area (Å²) in [5.41, 5.74) is 8.54. The third-order valence-corrected chi connectivity index (χ3v) is 10.3. The summed E-state index contributed by atoms with van der Waals surface area (Å²) in [6.07, 6.45) is -0.358. The Hall–Kier alpha value is -6.98. The third kappa shape index (κ3) is 4.56. The lowest BCUT2D eigenvalue weighted by Crippen LogP contribution is -2.33. The van der Waals surface area contributed by atoms with Crippen molar-refractivity contribution < 1.29 is 8.83 Å². The van der Waals surface area contributed by atoms with E-state index in [4.69, 9.17) is 18.8 Å². The molecule has 5 nitrogen and oxygen atoms in total. The number of amidine groups is 2. The van der Waals surface area contributed by atoms with Gasteiger partial charge in [-0.05, 0) is 80.7 Å². The first-order chi connectivity index (χ1) is 25.7. The van der Waals surface area contributed by atoms with E-state index in [0.717, 1.165) is 82.9 Å². The monoisotopic (exact) mass is 667 g/mol. The molecule has 0 aliphatic carbocycles. The Morgan fingerprint density at radius 1 is 0.442 bits per heavy atom. The molecule has 10 aromatic rings. The Morgan fingerprint density at radius 3 is 1.88 bits per heavy atom. The normalized spacial score (nSPS) is 14.7. The molecule has 52 heavy (non-hydrogen) atoms. The second kappa shape index (κ2) is 11.3. The zero-order chi connectivity index (χ0) is 34.2. The summed E-state index contributed by atoms with van der Waals surface area (Å²) in [4.78, 5) is 10.5. The summed E-state index contributed by atoms with van der Waals surface area (Å²) < 4.78 is 12.7. The van der Waals surface area contributed by atoms with Crippen LogP contribution in [0.2, 0.25) is 0 Å². The van der Waals surface area contributed by atoms with Crippen molar-refractivity contribution >= 4 is 77.1 Å². The lowest BCUT2D eigenvalue weighted by atomic mass is 9.95. The summed E-state index contributed by atoms with van der Waals surface area (Å²) >= 11 is 0. The number of para-hydroxylation sites is 1. The maximum absolute atomic E-state index is 6.58. The van der Waals surface area contributed by atoms with Gasteiger partial charge >= 0.3 is 0 Å². The molecule has 244 valence electrons. The summed E-state index contributed by atoms with van der Waals surface area (Å²) in [5.74, 6) is 1.43. The molecule has 1 aliphatic rings. The minimum Gasteiger partial charge on any atom is -0.456 e. The van der Waals surface area contributed by atoms with Crippen molar-refractivity contribution in [3.63, 3.8) is 0 Å². The van der Waals surface area contributed by atoms with Crippen LogP contribution in [0.5, 0.6) is 0 Å². The molecule has 0 spiro atoms. The van der Waals surface area contributed by atoms with Gasteiger partial charge in [-0.3, -0.25) is 0 Å². The van der Waals surface area contributed by atoms with E-state index in [1.165, 1.54) is 16.2 Å². The smallest absolute Gasteiger partial charge is 0.159 e. The molecule has 1 aliphatic heterocycles. The minimum atomic E-state index is -0.358. The largest absolute Gasteiger partial charge is 0.456 e. The number of furan rings is 2. The number of nitrogens with zero attached hydrogens (tertiary/aromatic N) is 2. The molecule has 0 saturated heterocycles. The average molecular weight is 668 g/mol. The van der Waals surface area contributed by atoms with Crippen LogP contribution in [-0.2, 0) is 0 Å². The van der Waals surface area contributed by atoms with Crippen molar-refractivity contribution in [3.05, 3.63) is 180 Å². The van der Waals surface area contributed by atoms with Crippen LogP contribution in [0.15, 0.2) is 183 Å². The fourth-order valence-electron chi connectivity index (χ4n) is 7.79. The van der Waals surface area contributed by atoms with Crippen molar-refractivity contribution in [2.24, 2.45) is 9.98 Å². The summed E-state index contributed by atoms with van der Waals surface area (Å²) in [6, 6.07) is 56.9. The first kappa shape index (κ1) is 28.8. The standard InChI is InChI=1S/C47H29N3O2/c1-3-11-30-25-33(21-19-28(30)9-1)45-48-46(34-22-20-29-10-2-4-12-31(29)26-34)50-47(49-45)37-15-8-18-42-44(37)43-35(14-7-17-41(43)52-42)32-23-24-40-38(27-32)36-13-5-6-16-39(36)51-40/h1-27,45H,(H,48,49,50). The second-order valence-electron chi connectivity index (χ2n) is 13.4. The number of hydrogen-bond acceptors (Lipinski definition) is 5. The van der Waals surface area contributed by atoms with Crippen molar-refractivity contribution in [2.45, 2.75) is 6.17 Å². The number of nitrogens with one attached hydrogen (secondary N) is 1. The maximum Gasteiger partial charge on any atom is 0.159 e. The first-order valence-corrected chi connectivity index (χ1v) is 17.5. The van der Waals surface area contributed by atoms with E-state index in [9.17, 15) is 0 Å². The Kier molecular flexibility index (Phi) is 6.25. The van der Waals surface area contributed by atoms with Gasteiger partial charge in [0.1, 0.15) is 34.3 Å². The molecule has 1 atom stereocenters. The topological polar surface area (TPSA) is 63.0 Å². The van der Waals surface area contributed by atoms with E-state index < -0.39 is 0 Å². The van der Waals surface area contributed by atoms with Gasteiger partial charge in [-0.15, -0.1) is 0 Å². The molecule has 2 aromatic heterocycles. The molecule has 5 heteroatoms. The van der Waals surface area contributed by atoms with E-state index >= 15 is 0 Å². The van der Waals surface area contributed by atoms with E-state index in [0.29, 0.717) is 5.84 Å². The van der Waals surface area contributed by atoms with Gasteiger partial charge in [0.25, 0.3) is 0 Å². The fraction of sp³-hybridized carbons (Fsp3) is 0.0213. The molecule has 0 bridgehead atoms. The van der Waals surface area contributed by atoms with E-state index in [1.807, 2.05) is 30.3 Å². The molecular weight excluding hydrogens is 639 g/mol. The van der Waals surface area contributed by atoms with E-state index in [2.05, 4.69) is 139 Å². The Labute approximate surface area is 298 Å². The quantitative estimate of drug-likeness (QED) is 0.203. The molecule has 0 fully saturated rings. The predicted molar refractivity (Wildman–Crippen MR) is 213 cm³/mol. The number of fused-ring (bicyclic) bond motifs is 8. The summed E-state index contributed by atoms with van der Waals surface area (Å²) in [5, 5.41) is 12.7. The van der Waals surface area contributed by atoms with Gasteiger partial charge in [0.15, 0.2) is 5.84 Å². The highest BCUT2D eigenvalue weighted by atomic mass is 16.3. The highest BCUT2D eigenvalue weighted by molar-refractivity contribution is 6.24. The van der Waals surface area contributed by atoms with Crippen molar-refractivity contribution in [1.29, 1.82) is 0 Å². The Bertz CT molecular complexity index is 3130. The molecular formula is C47H29N3O2. The fourth-order valence-corrected chi connectivity index (χ4v) is 7.79. The number of aliphatic imine (C=N–C) groups is 2. The lowest BCUT2D eigenvalue weighted by molar-refractivity contribution is 0.668. The molecule has 1 N–H and O–H groups in total. The van der Waals surface area contributed by atoms with Crippen molar-refractivity contribution in [1.82, 2.24) is 5.32 Å². The van der Waals surface area contributed by atoms with Gasteiger partial charge in [0.05, 0.1) is 0 Å². The van der Waals surface area contributed by atoms with Crippen LogP contribution in [0.1, 0.15) is 22.9 Å². The van der Waals surface area contributed by atoms with Crippen LogP contribution >= 0.6 is 0 Å². The molecule has 11 rings (SSSR count). The number of rotatable bonds is 4. The van der Waals surface area contributed by atoms with Crippen molar-refractivity contribution in [2.75, 3.05) is 0 Å². The van der Waals surface area contributed by atoms with Crippen LogP contribution < -0.4 is 5.32 Å². The van der Waals surface area contributed by atoms with Gasteiger partial charge in [-0.25, -0.2) is 9.98 Å². The highest BCUT2D eigenvalue weighted by Gasteiger charge is 2.25. The predicted octanol–water partition coefficient (Wildman–Crippen LogP) is 12.0. The van der Waals surface area contributed by atoms with E-state index in [1.54, 1.807) is 0 Å². The maximum atomic E-state index is 6.58. The van der Waals surface area contributed by atoms with Gasteiger partial charge in [-0.2, -0.15) is 0 Å².